The predicted octanol–water partition coefficient (Wildman–Crippen LogP) is 5.77. The second kappa shape index (κ2) is 13.1. The molecule has 1 fully saturated rings. The smallest absolute Gasteiger partial charge is 0.259 e. The van der Waals surface area contributed by atoms with E-state index in [2.05, 4.69) is 26.5 Å². The molecule has 8 heteroatoms. The Morgan fingerprint density at radius 2 is 1.26 bits per heavy atom. The molecule has 1 heterocycles. The Morgan fingerprint density at radius 1 is 0.667 bits per heavy atom. The van der Waals surface area contributed by atoms with Crippen molar-refractivity contribution in [3.05, 3.63) is 114 Å². The SMILES string of the molecule is COc1ccccc1C(=O)Nc1ccc(N2CCN(c3ccccc3OC)CC2)c(C(=O)NC(C)c2ccccc2)c1. The molecule has 1 aliphatic rings. The van der Waals surface area contributed by atoms with Crippen molar-refractivity contribution in [3.8, 4) is 11.5 Å². The Bertz CT molecular complexity index is 1530. The molecule has 0 aromatic heterocycles. The zero-order chi connectivity index (χ0) is 29.5. The maximum atomic E-state index is 13.8. The highest BCUT2D eigenvalue weighted by Crippen LogP contribution is 2.31. The summed E-state index contributed by atoms with van der Waals surface area (Å²) in [5.41, 5.74) is 4.34. The van der Waals surface area contributed by atoms with Crippen LogP contribution in [0.15, 0.2) is 97.1 Å². The fourth-order valence-electron chi connectivity index (χ4n) is 5.28. The van der Waals surface area contributed by atoms with Crippen molar-refractivity contribution in [2.45, 2.75) is 13.0 Å². The highest BCUT2D eigenvalue weighted by Gasteiger charge is 2.25. The van der Waals surface area contributed by atoms with E-state index in [0.717, 1.165) is 48.9 Å². The van der Waals surface area contributed by atoms with Gasteiger partial charge in [-0.05, 0) is 55.0 Å². The average molecular weight is 565 g/mol. The van der Waals surface area contributed by atoms with Gasteiger partial charge in [-0.15, -0.1) is 0 Å². The third kappa shape index (κ3) is 6.33. The van der Waals surface area contributed by atoms with Gasteiger partial charge in [-0.1, -0.05) is 54.6 Å². The van der Waals surface area contributed by atoms with E-state index in [0.29, 0.717) is 22.6 Å². The van der Waals surface area contributed by atoms with Gasteiger partial charge in [0.05, 0.1) is 37.1 Å². The van der Waals surface area contributed by atoms with Crippen molar-refractivity contribution >= 4 is 28.9 Å². The number of nitrogens with one attached hydrogen (secondary N) is 2. The highest BCUT2D eigenvalue weighted by atomic mass is 16.5. The lowest BCUT2D eigenvalue weighted by Gasteiger charge is -2.38. The minimum Gasteiger partial charge on any atom is -0.496 e. The van der Waals surface area contributed by atoms with Gasteiger partial charge in [-0.3, -0.25) is 9.59 Å². The number of amides is 2. The Labute approximate surface area is 246 Å². The molecule has 0 bridgehead atoms. The van der Waals surface area contributed by atoms with Crippen molar-refractivity contribution in [2.24, 2.45) is 0 Å². The molecule has 1 saturated heterocycles. The summed E-state index contributed by atoms with van der Waals surface area (Å²) in [7, 11) is 3.22. The van der Waals surface area contributed by atoms with Crippen LogP contribution in [-0.2, 0) is 0 Å². The summed E-state index contributed by atoms with van der Waals surface area (Å²) in [5.74, 6) is 0.807. The minimum absolute atomic E-state index is 0.194. The van der Waals surface area contributed by atoms with E-state index in [1.54, 1.807) is 31.4 Å². The first-order valence-corrected chi connectivity index (χ1v) is 14.1. The van der Waals surface area contributed by atoms with E-state index in [1.165, 1.54) is 7.11 Å². The maximum absolute atomic E-state index is 13.8. The summed E-state index contributed by atoms with van der Waals surface area (Å²) in [5, 5.41) is 6.09. The van der Waals surface area contributed by atoms with Crippen LogP contribution in [-0.4, -0.2) is 52.2 Å². The second-order valence-corrected chi connectivity index (χ2v) is 10.1. The van der Waals surface area contributed by atoms with Crippen LogP contribution in [0.5, 0.6) is 11.5 Å². The number of methoxy groups -OCH3 is 2. The average Bonchev–Trinajstić information content (AvgIpc) is 3.05. The van der Waals surface area contributed by atoms with Gasteiger partial charge in [0.25, 0.3) is 11.8 Å². The predicted molar refractivity (Wildman–Crippen MR) is 167 cm³/mol. The number of benzene rings is 4. The van der Waals surface area contributed by atoms with E-state index in [1.807, 2.05) is 73.7 Å². The van der Waals surface area contributed by atoms with Gasteiger partial charge >= 0.3 is 0 Å². The van der Waals surface area contributed by atoms with Gasteiger partial charge in [-0.25, -0.2) is 0 Å². The summed E-state index contributed by atoms with van der Waals surface area (Å²) < 4.78 is 10.9. The molecular formula is C34H36N4O4. The molecule has 0 spiro atoms. The standard InChI is InChI=1S/C34H36N4O4/c1-24(25-11-5-4-6-12-25)35-34(40)28-23-26(36-33(39)27-13-7-9-15-31(27)41-2)17-18-29(28)37-19-21-38(22-20-37)30-14-8-10-16-32(30)42-3/h4-18,23-24H,19-22H2,1-3H3,(H,35,40)(H,36,39). The number of piperazine rings is 1. The number of hydrogen-bond acceptors (Lipinski definition) is 6. The summed E-state index contributed by atoms with van der Waals surface area (Å²) in [6.07, 6.45) is 0. The first kappa shape index (κ1) is 28.5. The van der Waals surface area contributed by atoms with Crippen molar-refractivity contribution in [1.82, 2.24) is 5.32 Å². The van der Waals surface area contributed by atoms with Crippen LogP contribution in [0.4, 0.5) is 17.1 Å². The van der Waals surface area contributed by atoms with Crippen molar-refractivity contribution < 1.29 is 19.1 Å². The fraction of sp³-hybridized carbons (Fsp3) is 0.235. The van der Waals surface area contributed by atoms with Crippen LogP contribution >= 0.6 is 0 Å². The summed E-state index contributed by atoms with van der Waals surface area (Å²) in [6.45, 7) is 4.95. The molecule has 216 valence electrons. The van der Waals surface area contributed by atoms with Crippen LogP contribution in [0.25, 0.3) is 0 Å². The second-order valence-electron chi connectivity index (χ2n) is 10.1. The third-order valence-corrected chi connectivity index (χ3v) is 7.54. The number of para-hydroxylation sites is 3. The number of carbonyl (C=O) groups is 2. The molecule has 42 heavy (non-hydrogen) atoms. The summed E-state index contributed by atoms with van der Waals surface area (Å²) in [6, 6.07) is 30.2. The summed E-state index contributed by atoms with van der Waals surface area (Å²) in [4.78, 5) is 31.4. The van der Waals surface area contributed by atoms with Gasteiger partial charge in [0.2, 0.25) is 0 Å². The Hall–Kier alpha value is -4.98. The number of anilines is 3. The van der Waals surface area contributed by atoms with Crippen molar-refractivity contribution in [3.63, 3.8) is 0 Å². The molecule has 4 aromatic carbocycles. The largest absolute Gasteiger partial charge is 0.496 e. The first-order chi connectivity index (χ1) is 20.5. The van der Waals surface area contributed by atoms with E-state index in [4.69, 9.17) is 9.47 Å². The van der Waals surface area contributed by atoms with Crippen LogP contribution in [0, 0.1) is 0 Å². The quantitative estimate of drug-likeness (QED) is 0.269. The van der Waals surface area contributed by atoms with E-state index in [9.17, 15) is 9.59 Å². The van der Waals surface area contributed by atoms with Gasteiger partial charge in [0.15, 0.2) is 0 Å². The van der Waals surface area contributed by atoms with Crippen molar-refractivity contribution in [2.75, 3.05) is 55.5 Å². The Balaban J connectivity index is 1.40. The van der Waals surface area contributed by atoms with Crippen molar-refractivity contribution in [1.29, 1.82) is 0 Å². The Kier molecular flexibility index (Phi) is 8.92. The van der Waals surface area contributed by atoms with E-state index < -0.39 is 0 Å². The normalized spacial score (nSPS) is 13.7. The lowest BCUT2D eigenvalue weighted by atomic mass is 10.1. The molecule has 8 nitrogen and oxygen atoms in total. The molecule has 0 radical (unpaired) electrons. The summed E-state index contributed by atoms with van der Waals surface area (Å²) >= 11 is 0. The molecule has 4 aromatic rings. The number of carbonyl (C=O) groups excluding carboxylic acids is 2. The zero-order valence-corrected chi connectivity index (χ0v) is 24.2. The van der Waals surface area contributed by atoms with Gasteiger partial charge in [-0.2, -0.15) is 0 Å². The first-order valence-electron chi connectivity index (χ1n) is 14.1. The molecule has 2 amide bonds. The molecular weight excluding hydrogens is 528 g/mol. The molecule has 0 aliphatic carbocycles. The molecule has 1 atom stereocenters. The molecule has 0 saturated carbocycles. The number of rotatable bonds is 9. The van der Waals surface area contributed by atoms with E-state index >= 15 is 0 Å². The monoisotopic (exact) mass is 564 g/mol. The molecule has 2 N–H and O–H groups in total. The molecule has 1 aliphatic heterocycles. The minimum atomic E-state index is -0.311. The zero-order valence-electron chi connectivity index (χ0n) is 24.2. The van der Waals surface area contributed by atoms with E-state index in [-0.39, 0.29) is 17.9 Å². The third-order valence-electron chi connectivity index (χ3n) is 7.54. The number of hydrogen-bond donors (Lipinski definition) is 2. The Morgan fingerprint density at radius 3 is 1.95 bits per heavy atom. The maximum Gasteiger partial charge on any atom is 0.259 e. The molecule has 1 unspecified atom stereocenters. The topological polar surface area (TPSA) is 83.1 Å². The van der Waals surface area contributed by atoms with Gasteiger partial charge in [0.1, 0.15) is 11.5 Å². The highest BCUT2D eigenvalue weighted by molar-refractivity contribution is 6.07. The number of ether oxygens (including phenoxy) is 2. The van der Waals surface area contributed by atoms with Crippen LogP contribution in [0.2, 0.25) is 0 Å². The van der Waals surface area contributed by atoms with Crippen LogP contribution in [0.3, 0.4) is 0 Å². The lowest BCUT2D eigenvalue weighted by Crippen LogP contribution is -2.47. The number of nitrogens with zero attached hydrogens (tertiary/aromatic N) is 2. The van der Waals surface area contributed by atoms with Crippen LogP contribution in [0.1, 0.15) is 39.2 Å². The van der Waals surface area contributed by atoms with Crippen LogP contribution < -0.4 is 29.9 Å². The lowest BCUT2D eigenvalue weighted by molar-refractivity contribution is 0.0939. The molecule has 5 rings (SSSR count). The van der Waals surface area contributed by atoms with Gasteiger partial charge < -0.3 is 29.9 Å². The fourth-order valence-corrected chi connectivity index (χ4v) is 5.28. The van der Waals surface area contributed by atoms with Gasteiger partial charge in [0, 0.05) is 37.6 Å².